The number of piperidine rings is 2. The van der Waals surface area contributed by atoms with Crippen LogP contribution in [0.3, 0.4) is 0 Å². The number of benzene rings is 2. The first kappa shape index (κ1) is 23.7. The minimum absolute atomic E-state index is 0.00904. The van der Waals surface area contributed by atoms with Crippen LogP contribution in [0.4, 0.5) is 8.78 Å². The summed E-state index contributed by atoms with van der Waals surface area (Å²) < 4.78 is 27.5. The van der Waals surface area contributed by atoms with Crippen LogP contribution in [0.2, 0.25) is 0 Å². The van der Waals surface area contributed by atoms with Gasteiger partial charge < -0.3 is 9.88 Å². The summed E-state index contributed by atoms with van der Waals surface area (Å²) in [5.41, 5.74) is 6.66. The Morgan fingerprint density at radius 1 is 1.03 bits per heavy atom. The topological polar surface area (TPSA) is 51.4 Å². The van der Waals surface area contributed by atoms with Crippen molar-refractivity contribution in [1.29, 1.82) is 0 Å². The lowest BCUT2D eigenvalue weighted by molar-refractivity contribution is -0.127. The van der Waals surface area contributed by atoms with Crippen molar-refractivity contribution >= 4 is 22.9 Å². The Morgan fingerprint density at radius 2 is 1.71 bits per heavy atom. The maximum Gasteiger partial charge on any atom is 0.246 e. The monoisotopic (exact) mass is 478 g/mol. The van der Waals surface area contributed by atoms with E-state index in [1.165, 1.54) is 47.7 Å². The van der Waals surface area contributed by atoms with Crippen LogP contribution in [-0.2, 0) is 4.79 Å². The van der Waals surface area contributed by atoms with Gasteiger partial charge in [0.1, 0.15) is 11.6 Å². The van der Waals surface area contributed by atoms with Crippen LogP contribution in [0.5, 0.6) is 0 Å². The third-order valence-electron chi connectivity index (χ3n) is 7.45. The number of carbonyl (C=O) groups excluding carboxylic acids is 1. The van der Waals surface area contributed by atoms with Gasteiger partial charge in [-0.1, -0.05) is 18.2 Å². The number of nitrogens with zero attached hydrogens (tertiary/aromatic N) is 2. The van der Waals surface area contributed by atoms with Gasteiger partial charge in [0, 0.05) is 61.0 Å². The highest BCUT2D eigenvalue weighted by Gasteiger charge is 2.26. The van der Waals surface area contributed by atoms with Crippen molar-refractivity contribution in [3.05, 3.63) is 77.0 Å². The number of hydrogen-bond acceptors (Lipinski definition) is 3. The molecule has 0 radical (unpaired) electrons. The van der Waals surface area contributed by atoms with Gasteiger partial charge in [-0.25, -0.2) is 13.8 Å². The van der Waals surface area contributed by atoms with Gasteiger partial charge in [-0.3, -0.25) is 10.2 Å². The molecule has 2 aromatic carbocycles. The number of rotatable bonds is 5. The molecule has 5 rings (SSSR count). The lowest BCUT2D eigenvalue weighted by Gasteiger charge is -2.38. The standard InChI is InChI=1S/C28H32F2N4O/c1-19-25(29)16-20(17-26(19)30)6-7-28(35)33-12-10-22(11-13-33)32-34-14-8-21(9-15-34)24-18-31-27-5-3-2-4-23(24)27/h2-7,16-18,21-22,31-32H,8-15H2,1H3/b7-6+. The smallest absolute Gasteiger partial charge is 0.246 e. The number of hydrazine groups is 1. The molecule has 2 N–H and O–H groups in total. The van der Waals surface area contributed by atoms with E-state index in [0.717, 1.165) is 38.8 Å². The number of hydrogen-bond donors (Lipinski definition) is 2. The summed E-state index contributed by atoms with van der Waals surface area (Å²) in [6.45, 7) is 4.76. The highest BCUT2D eigenvalue weighted by atomic mass is 19.1. The van der Waals surface area contributed by atoms with E-state index in [4.69, 9.17) is 0 Å². The normalized spacial score (nSPS) is 18.7. The Balaban J connectivity index is 1.08. The number of aromatic amines is 1. The fourth-order valence-corrected chi connectivity index (χ4v) is 5.27. The van der Waals surface area contributed by atoms with Crippen LogP contribution in [0, 0.1) is 18.6 Å². The first-order valence-corrected chi connectivity index (χ1v) is 12.5. The molecule has 3 heterocycles. The Hall–Kier alpha value is -3.03. The highest BCUT2D eigenvalue weighted by molar-refractivity contribution is 5.91. The Morgan fingerprint density at radius 3 is 2.43 bits per heavy atom. The van der Waals surface area contributed by atoms with E-state index in [9.17, 15) is 13.6 Å². The third kappa shape index (κ3) is 5.31. The number of H-pyrrole nitrogens is 1. The molecule has 3 aromatic rings. The molecule has 2 fully saturated rings. The fraction of sp³-hybridized carbons (Fsp3) is 0.393. The van der Waals surface area contributed by atoms with Crippen LogP contribution in [0.15, 0.2) is 48.7 Å². The van der Waals surface area contributed by atoms with Crippen molar-refractivity contribution in [2.45, 2.75) is 44.6 Å². The van der Waals surface area contributed by atoms with Gasteiger partial charge in [0.05, 0.1) is 0 Å². The number of halogens is 2. The average Bonchev–Trinajstić information content (AvgIpc) is 3.31. The summed E-state index contributed by atoms with van der Waals surface area (Å²) in [4.78, 5) is 17.8. The molecule has 0 atom stereocenters. The lowest BCUT2D eigenvalue weighted by atomic mass is 9.89. The summed E-state index contributed by atoms with van der Waals surface area (Å²) in [6, 6.07) is 11.4. The van der Waals surface area contributed by atoms with Crippen LogP contribution in [0.25, 0.3) is 17.0 Å². The number of carbonyl (C=O) groups is 1. The second-order valence-corrected chi connectivity index (χ2v) is 9.72. The summed E-state index contributed by atoms with van der Waals surface area (Å²) in [5, 5.41) is 3.68. The quantitative estimate of drug-likeness (QED) is 0.499. The molecule has 5 nitrogen and oxygen atoms in total. The van der Waals surface area contributed by atoms with Crippen molar-refractivity contribution in [2.24, 2.45) is 0 Å². The number of para-hydroxylation sites is 1. The number of aromatic nitrogens is 1. The van der Waals surface area contributed by atoms with Crippen molar-refractivity contribution in [2.75, 3.05) is 26.2 Å². The number of likely N-dealkylation sites (tertiary alicyclic amines) is 1. The second-order valence-electron chi connectivity index (χ2n) is 9.72. The average molecular weight is 479 g/mol. The molecule has 184 valence electrons. The molecular weight excluding hydrogens is 446 g/mol. The predicted molar refractivity (Wildman–Crippen MR) is 135 cm³/mol. The van der Waals surface area contributed by atoms with E-state index >= 15 is 0 Å². The van der Waals surface area contributed by atoms with Crippen molar-refractivity contribution in [3.63, 3.8) is 0 Å². The molecule has 2 aliphatic rings. The number of fused-ring (bicyclic) bond motifs is 1. The molecule has 0 bridgehead atoms. The van der Waals surface area contributed by atoms with E-state index < -0.39 is 11.6 Å². The zero-order valence-electron chi connectivity index (χ0n) is 20.1. The molecule has 7 heteroatoms. The van der Waals surface area contributed by atoms with E-state index in [0.29, 0.717) is 30.6 Å². The third-order valence-corrected chi connectivity index (χ3v) is 7.45. The van der Waals surface area contributed by atoms with Gasteiger partial charge in [-0.15, -0.1) is 0 Å². The largest absolute Gasteiger partial charge is 0.361 e. The molecule has 2 aliphatic heterocycles. The fourth-order valence-electron chi connectivity index (χ4n) is 5.27. The number of nitrogens with one attached hydrogen (secondary N) is 2. The maximum atomic E-state index is 13.7. The Kier molecular flexibility index (Phi) is 6.97. The molecule has 1 amide bonds. The van der Waals surface area contributed by atoms with E-state index in [1.807, 2.05) is 0 Å². The van der Waals surface area contributed by atoms with Crippen molar-refractivity contribution in [3.8, 4) is 0 Å². The van der Waals surface area contributed by atoms with Gasteiger partial charge in [-0.2, -0.15) is 0 Å². The van der Waals surface area contributed by atoms with E-state index in [1.54, 1.807) is 4.90 Å². The molecule has 35 heavy (non-hydrogen) atoms. The molecule has 0 saturated carbocycles. The van der Waals surface area contributed by atoms with Gasteiger partial charge in [0.2, 0.25) is 5.91 Å². The summed E-state index contributed by atoms with van der Waals surface area (Å²) in [7, 11) is 0. The summed E-state index contributed by atoms with van der Waals surface area (Å²) in [5.74, 6) is -0.751. The molecular formula is C28H32F2N4O. The maximum absolute atomic E-state index is 13.7. The molecule has 0 unspecified atom stereocenters. The predicted octanol–water partition coefficient (Wildman–Crippen LogP) is 5.14. The van der Waals surface area contributed by atoms with Crippen LogP contribution >= 0.6 is 0 Å². The van der Waals surface area contributed by atoms with Crippen molar-refractivity contribution in [1.82, 2.24) is 20.3 Å². The lowest BCUT2D eigenvalue weighted by Crippen LogP contribution is -2.52. The van der Waals surface area contributed by atoms with Gasteiger partial charge in [0.25, 0.3) is 0 Å². The minimum atomic E-state index is -0.602. The first-order valence-electron chi connectivity index (χ1n) is 12.5. The number of amides is 1. The summed E-state index contributed by atoms with van der Waals surface area (Å²) in [6.07, 6.45) is 9.08. The molecule has 2 saturated heterocycles. The Bertz CT molecular complexity index is 1200. The Labute approximate surface area is 204 Å². The first-order chi connectivity index (χ1) is 17.0. The molecule has 0 aliphatic carbocycles. The zero-order chi connectivity index (χ0) is 24.4. The SMILES string of the molecule is Cc1c(F)cc(/C=C/C(=O)N2CCC(NN3CCC(c4c[nH]c5ccccc45)CC3)CC2)cc1F. The van der Waals surface area contributed by atoms with E-state index in [-0.39, 0.29) is 11.5 Å². The zero-order valence-corrected chi connectivity index (χ0v) is 20.1. The van der Waals surface area contributed by atoms with Crippen LogP contribution in [-0.4, -0.2) is 53.0 Å². The minimum Gasteiger partial charge on any atom is -0.361 e. The molecule has 0 spiro atoms. The van der Waals surface area contributed by atoms with Gasteiger partial charge in [-0.05, 0) is 73.9 Å². The van der Waals surface area contributed by atoms with Crippen LogP contribution < -0.4 is 5.43 Å². The summed E-state index contributed by atoms with van der Waals surface area (Å²) >= 11 is 0. The van der Waals surface area contributed by atoms with Gasteiger partial charge in [0.15, 0.2) is 0 Å². The van der Waals surface area contributed by atoms with Gasteiger partial charge >= 0.3 is 0 Å². The van der Waals surface area contributed by atoms with E-state index in [2.05, 4.69) is 45.9 Å². The van der Waals surface area contributed by atoms with Crippen LogP contribution in [0.1, 0.15) is 48.3 Å². The van der Waals surface area contributed by atoms with Crippen molar-refractivity contribution < 1.29 is 13.6 Å². The highest BCUT2D eigenvalue weighted by Crippen LogP contribution is 2.32. The second kappa shape index (κ2) is 10.3. The molecule has 1 aromatic heterocycles.